The van der Waals surface area contributed by atoms with E-state index >= 15 is 0 Å². The molecule has 102 valence electrons. The van der Waals surface area contributed by atoms with Crippen LogP contribution in [0.15, 0.2) is 5.38 Å². The number of ether oxygens (including phenoxy) is 1. The summed E-state index contributed by atoms with van der Waals surface area (Å²) in [6.45, 7) is 0.802. The van der Waals surface area contributed by atoms with E-state index in [2.05, 4.69) is 10.3 Å². The highest BCUT2D eigenvalue weighted by Gasteiger charge is 2.19. The monoisotopic (exact) mass is 276 g/mol. The van der Waals surface area contributed by atoms with Crippen molar-refractivity contribution in [3.05, 3.63) is 16.1 Å². The molecule has 1 aliphatic carbocycles. The topological polar surface area (TPSA) is 34.1 Å². The molecule has 18 heavy (non-hydrogen) atoms. The van der Waals surface area contributed by atoms with Crippen LogP contribution >= 0.6 is 11.3 Å². The molecule has 1 N–H and O–H groups in total. The van der Waals surface area contributed by atoms with Crippen molar-refractivity contribution in [1.29, 1.82) is 0 Å². The lowest BCUT2D eigenvalue weighted by molar-refractivity contribution is 0.0187. The molecule has 3 nitrogen and oxygen atoms in total. The number of aromatic nitrogens is 1. The van der Waals surface area contributed by atoms with Gasteiger partial charge < -0.3 is 10.1 Å². The summed E-state index contributed by atoms with van der Waals surface area (Å²) in [6.07, 6.45) is 1.76. The van der Waals surface area contributed by atoms with Gasteiger partial charge in [0, 0.05) is 30.8 Å². The summed E-state index contributed by atoms with van der Waals surface area (Å²) in [4.78, 5) is 4.46. The fourth-order valence-corrected chi connectivity index (χ4v) is 2.42. The van der Waals surface area contributed by atoms with Gasteiger partial charge in [0.2, 0.25) is 0 Å². The van der Waals surface area contributed by atoms with Gasteiger partial charge in [-0.05, 0) is 12.8 Å². The molecule has 0 atom stereocenters. The lowest BCUT2D eigenvalue weighted by atomic mass is 10.3. The van der Waals surface area contributed by atoms with Crippen molar-refractivity contribution < 1.29 is 13.5 Å². The average Bonchev–Trinajstić information content (AvgIpc) is 3.04. The molecule has 0 radical (unpaired) electrons. The number of hydrogen-bond donors (Lipinski definition) is 1. The second-order valence-corrected chi connectivity index (χ2v) is 5.37. The Hall–Kier alpha value is -0.590. The van der Waals surface area contributed by atoms with E-state index in [1.807, 2.05) is 5.38 Å². The smallest absolute Gasteiger partial charge is 0.261 e. The zero-order chi connectivity index (χ0) is 12.8. The van der Waals surface area contributed by atoms with Crippen LogP contribution in [0.25, 0.3) is 0 Å². The summed E-state index contributed by atoms with van der Waals surface area (Å²) in [5.74, 6) is 0. The van der Waals surface area contributed by atoms with Gasteiger partial charge in [0.15, 0.2) is 0 Å². The van der Waals surface area contributed by atoms with E-state index < -0.39 is 13.0 Å². The molecule has 1 aromatic heterocycles. The first kappa shape index (κ1) is 13.8. The predicted octanol–water partition coefficient (Wildman–Crippen LogP) is 2.26. The first-order valence-electron chi connectivity index (χ1n) is 6.26. The van der Waals surface area contributed by atoms with Gasteiger partial charge in [0.05, 0.1) is 17.3 Å². The van der Waals surface area contributed by atoms with Crippen molar-refractivity contribution in [3.63, 3.8) is 0 Å². The summed E-state index contributed by atoms with van der Waals surface area (Å²) in [7, 11) is 0. The van der Waals surface area contributed by atoms with Crippen molar-refractivity contribution in [1.82, 2.24) is 10.3 Å². The number of alkyl halides is 2. The number of nitrogens with zero attached hydrogens (tertiary/aromatic N) is 1. The standard InChI is InChI=1S/C12H18F2N2OS/c13-11(14)7-17-6-4-12-16-10(8-18-12)3-5-15-9-1-2-9/h8-9,11,15H,1-7H2. The number of thiazole rings is 1. The van der Waals surface area contributed by atoms with Gasteiger partial charge in [-0.1, -0.05) is 0 Å². The van der Waals surface area contributed by atoms with Crippen LogP contribution in [0.4, 0.5) is 8.78 Å². The molecule has 1 aromatic rings. The summed E-state index contributed by atoms with van der Waals surface area (Å²) < 4.78 is 28.5. The highest BCUT2D eigenvalue weighted by atomic mass is 32.1. The van der Waals surface area contributed by atoms with Crippen molar-refractivity contribution >= 4 is 11.3 Å². The molecule has 6 heteroatoms. The van der Waals surface area contributed by atoms with E-state index in [9.17, 15) is 8.78 Å². The average molecular weight is 276 g/mol. The van der Waals surface area contributed by atoms with Crippen molar-refractivity contribution in [2.45, 2.75) is 38.2 Å². The van der Waals surface area contributed by atoms with Crippen molar-refractivity contribution in [3.8, 4) is 0 Å². The maximum absolute atomic E-state index is 11.8. The molecule has 0 aliphatic heterocycles. The summed E-state index contributed by atoms with van der Waals surface area (Å²) in [5.41, 5.74) is 1.08. The van der Waals surface area contributed by atoms with Gasteiger partial charge >= 0.3 is 0 Å². The minimum Gasteiger partial charge on any atom is -0.375 e. The summed E-state index contributed by atoms with van der Waals surface area (Å²) >= 11 is 1.58. The van der Waals surface area contributed by atoms with Crippen LogP contribution in [-0.4, -0.2) is 37.2 Å². The number of halogens is 2. The van der Waals surface area contributed by atoms with Crippen LogP contribution in [0, 0.1) is 0 Å². The molecular formula is C12H18F2N2OS. The molecule has 1 fully saturated rings. The molecule has 2 rings (SSSR count). The minimum absolute atomic E-state index is 0.317. The highest BCUT2D eigenvalue weighted by Crippen LogP contribution is 2.18. The molecule has 0 amide bonds. The third kappa shape index (κ3) is 5.37. The van der Waals surface area contributed by atoms with Gasteiger partial charge in [-0.15, -0.1) is 11.3 Å². The van der Waals surface area contributed by atoms with Gasteiger partial charge in [0.1, 0.15) is 6.61 Å². The minimum atomic E-state index is -2.38. The van der Waals surface area contributed by atoms with Gasteiger partial charge in [0.25, 0.3) is 6.43 Å². The Morgan fingerprint density at radius 2 is 2.28 bits per heavy atom. The van der Waals surface area contributed by atoms with E-state index in [1.165, 1.54) is 12.8 Å². The molecule has 0 spiro atoms. The lowest BCUT2D eigenvalue weighted by Gasteiger charge is -2.01. The van der Waals surface area contributed by atoms with Crippen LogP contribution in [0.3, 0.4) is 0 Å². The second-order valence-electron chi connectivity index (χ2n) is 4.43. The molecule has 0 bridgehead atoms. The Labute approximate surface area is 110 Å². The molecule has 0 aromatic carbocycles. The quantitative estimate of drug-likeness (QED) is 0.703. The van der Waals surface area contributed by atoms with Gasteiger partial charge in [-0.3, -0.25) is 0 Å². The Bertz CT molecular complexity index is 356. The normalized spacial score (nSPS) is 15.5. The molecule has 1 heterocycles. The third-order valence-electron chi connectivity index (χ3n) is 2.69. The zero-order valence-electron chi connectivity index (χ0n) is 10.2. The lowest BCUT2D eigenvalue weighted by Crippen LogP contribution is -2.19. The summed E-state index contributed by atoms with van der Waals surface area (Å²) in [6, 6.07) is 0.728. The van der Waals surface area contributed by atoms with Crippen LogP contribution in [-0.2, 0) is 17.6 Å². The zero-order valence-corrected chi connectivity index (χ0v) is 11.0. The van der Waals surface area contributed by atoms with Crippen LogP contribution in [0.1, 0.15) is 23.5 Å². The molecule has 1 saturated carbocycles. The molecule has 0 saturated heterocycles. The fourth-order valence-electron chi connectivity index (χ4n) is 1.60. The first-order chi connectivity index (χ1) is 8.74. The Kier molecular flexibility index (Phi) is 5.46. The van der Waals surface area contributed by atoms with E-state index in [1.54, 1.807) is 11.3 Å². The van der Waals surface area contributed by atoms with Crippen molar-refractivity contribution in [2.75, 3.05) is 19.8 Å². The van der Waals surface area contributed by atoms with Crippen LogP contribution in [0.2, 0.25) is 0 Å². The SMILES string of the molecule is FC(F)COCCc1nc(CCNC2CC2)cs1. The highest BCUT2D eigenvalue weighted by molar-refractivity contribution is 7.09. The largest absolute Gasteiger partial charge is 0.375 e. The Morgan fingerprint density at radius 3 is 3.00 bits per heavy atom. The Balaban J connectivity index is 1.59. The first-order valence-corrected chi connectivity index (χ1v) is 7.14. The van der Waals surface area contributed by atoms with Crippen LogP contribution < -0.4 is 5.32 Å². The van der Waals surface area contributed by atoms with Gasteiger partial charge in [-0.2, -0.15) is 0 Å². The van der Waals surface area contributed by atoms with Crippen LogP contribution in [0.5, 0.6) is 0 Å². The van der Waals surface area contributed by atoms with E-state index in [0.29, 0.717) is 13.0 Å². The predicted molar refractivity (Wildman–Crippen MR) is 67.4 cm³/mol. The Morgan fingerprint density at radius 1 is 1.44 bits per heavy atom. The number of nitrogens with one attached hydrogen (secondary N) is 1. The fraction of sp³-hybridized carbons (Fsp3) is 0.750. The molecule has 0 unspecified atom stereocenters. The maximum atomic E-state index is 11.8. The molecule has 1 aliphatic rings. The molecular weight excluding hydrogens is 258 g/mol. The maximum Gasteiger partial charge on any atom is 0.261 e. The van der Waals surface area contributed by atoms with E-state index in [4.69, 9.17) is 4.74 Å². The van der Waals surface area contributed by atoms with E-state index in [-0.39, 0.29) is 0 Å². The number of hydrogen-bond acceptors (Lipinski definition) is 4. The third-order valence-corrected chi connectivity index (χ3v) is 3.65. The second kappa shape index (κ2) is 7.11. The van der Waals surface area contributed by atoms with E-state index in [0.717, 1.165) is 29.7 Å². The summed E-state index contributed by atoms with van der Waals surface area (Å²) in [5, 5.41) is 6.44. The number of rotatable bonds is 9. The van der Waals surface area contributed by atoms with Gasteiger partial charge in [-0.25, -0.2) is 13.8 Å². The van der Waals surface area contributed by atoms with Crippen molar-refractivity contribution in [2.24, 2.45) is 0 Å².